The minimum atomic E-state index is 0.812. The number of benzene rings is 1. The number of hydrogen-bond acceptors (Lipinski definition) is 4. The molecule has 2 rings (SSSR count). The Bertz CT molecular complexity index is 541. The molecule has 0 amide bonds. The van der Waals surface area contributed by atoms with Crippen molar-refractivity contribution in [3.8, 4) is 5.75 Å². The molecule has 0 radical (unpaired) electrons. The number of pyridine rings is 1. The van der Waals surface area contributed by atoms with Gasteiger partial charge in [-0.2, -0.15) is 0 Å². The fraction of sp³-hybridized carbons (Fsp3) is 0.312. The van der Waals surface area contributed by atoms with E-state index < -0.39 is 0 Å². The SMILES string of the molecule is COc1cc(CNCc2ccncc2)ccc1N(C)C. The Morgan fingerprint density at radius 3 is 2.40 bits per heavy atom. The summed E-state index contributed by atoms with van der Waals surface area (Å²) in [7, 11) is 5.73. The van der Waals surface area contributed by atoms with E-state index in [2.05, 4.69) is 28.5 Å². The summed E-state index contributed by atoms with van der Waals surface area (Å²) in [5.74, 6) is 0.901. The van der Waals surface area contributed by atoms with Crippen LogP contribution in [0.3, 0.4) is 0 Å². The Morgan fingerprint density at radius 1 is 1.05 bits per heavy atom. The number of aromatic nitrogens is 1. The normalized spacial score (nSPS) is 10.3. The molecule has 1 aromatic carbocycles. The fourth-order valence-electron chi connectivity index (χ4n) is 2.05. The Hall–Kier alpha value is -2.07. The van der Waals surface area contributed by atoms with Crippen LogP contribution in [-0.4, -0.2) is 26.2 Å². The van der Waals surface area contributed by atoms with E-state index in [0.717, 1.165) is 24.5 Å². The van der Waals surface area contributed by atoms with Crippen LogP contribution in [0, 0.1) is 0 Å². The molecular weight excluding hydrogens is 250 g/mol. The van der Waals surface area contributed by atoms with E-state index in [0.29, 0.717) is 0 Å². The van der Waals surface area contributed by atoms with E-state index in [1.165, 1.54) is 11.1 Å². The van der Waals surface area contributed by atoms with Crippen LogP contribution in [0.5, 0.6) is 5.75 Å². The summed E-state index contributed by atoms with van der Waals surface area (Å²) in [6.07, 6.45) is 3.62. The van der Waals surface area contributed by atoms with Crippen LogP contribution in [0.15, 0.2) is 42.7 Å². The minimum absolute atomic E-state index is 0.812. The van der Waals surface area contributed by atoms with Crippen molar-refractivity contribution in [2.24, 2.45) is 0 Å². The van der Waals surface area contributed by atoms with Gasteiger partial charge in [0.25, 0.3) is 0 Å². The molecular formula is C16H21N3O. The van der Waals surface area contributed by atoms with Crippen LogP contribution in [0.1, 0.15) is 11.1 Å². The third-order valence-electron chi connectivity index (χ3n) is 3.13. The van der Waals surface area contributed by atoms with Crippen LogP contribution >= 0.6 is 0 Å². The quantitative estimate of drug-likeness (QED) is 0.875. The zero-order valence-electron chi connectivity index (χ0n) is 12.3. The van der Waals surface area contributed by atoms with Crippen molar-refractivity contribution in [1.29, 1.82) is 0 Å². The first-order chi connectivity index (χ1) is 9.70. The summed E-state index contributed by atoms with van der Waals surface area (Å²) in [5, 5.41) is 3.42. The van der Waals surface area contributed by atoms with Crippen molar-refractivity contribution >= 4 is 5.69 Å². The highest BCUT2D eigenvalue weighted by Gasteiger charge is 2.05. The number of rotatable bonds is 6. The van der Waals surface area contributed by atoms with E-state index in [9.17, 15) is 0 Å². The zero-order valence-corrected chi connectivity index (χ0v) is 12.3. The second-order valence-electron chi connectivity index (χ2n) is 4.86. The Balaban J connectivity index is 1.96. The molecule has 0 atom stereocenters. The van der Waals surface area contributed by atoms with Gasteiger partial charge in [0.15, 0.2) is 0 Å². The van der Waals surface area contributed by atoms with Crippen LogP contribution in [0.2, 0.25) is 0 Å². The number of nitrogens with one attached hydrogen (secondary N) is 1. The average Bonchev–Trinajstić information content (AvgIpc) is 2.48. The molecule has 1 heterocycles. The maximum absolute atomic E-state index is 5.43. The summed E-state index contributed by atoms with van der Waals surface area (Å²) < 4.78 is 5.43. The molecule has 0 fully saturated rings. The number of methoxy groups -OCH3 is 1. The summed E-state index contributed by atoms with van der Waals surface area (Å²) >= 11 is 0. The van der Waals surface area contributed by atoms with Gasteiger partial charge in [-0.15, -0.1) is 0 Å². The van der Waals surface area contributed by atoms with E-state index in [-0.39, 0.29) is 0 Å². The smallest absolute Gasteiger partial charge is 0.142 e. The Labute approximate surface area is 120 Å². The van der Waals surface area contributed by atoms with Crippen molar-refractivity contribution in [3.05, 3.63) is 53.9 Å². The molecule has 0 spiro atoms. The lowest BCUT2D eigenvalue weighted by atomic mass is 10.1. The number of nitrogens with zero attached hydrogens (tertiary/aromatic N) is 2. The van der Waals surface area contributed by atoms with Gasteiger partial charge in [0.1, 0.15) is 5.75 Å². The van der Waals surface area contributed by atoms with Crippen molar-refractivity contribution < 1.29 is 4.74 Å². The van der Waals surface area contributed by atoms with Gasteiger partial charge in [0.2, 0.25) is 0 Å². The molecule has 4 heteroatoms. The first-order valence-corrected chi connectivity index (χ1v) is 6.64. The van der Waals surface area contributed by atoms with E-state index >= 15 is 0 Å². The highest BCUT2D eigenvalue weighted by Crippen LogP contribution is 2.27. The Kier molecular flexibility index (Phi) is 4.96. The van der Waals surface area contributed by atoms with Crippen molar-refractivity contribution in [1.82, 2.24) is 10.3 Å². The van der Waals surface area contributed by atoms with Gasteiger partial charge < -0.3 is 15.0 Å². The minimum Gasteiger partial charge on any atom is -0.495 e. The zero-order chi connectivity index (χ0) is 14.4. The molecule has 0 bridgehead atoms. The predicted molar refractivity (Wildman–Crippen MR) is 82.1 cm³/mol. The molecule has 20 heavy (non-hydrogen) atoms. The topological polar surface area (TPSA) is 37.4 Å². The van der Waals surface area contributed by atoms with E-state index in [4.69, 9.17) is 4.74 Å². The second-order valence-corrected chi connectivity index (χ2v) is 4.86. The van der Waals surface area contributed by atoms with Crippen LogP contribution in [-0.2, 0) is 13.1 Å². The molecule has 0 aliphatic heterocycles. The highest BCUT2D eigenvalue weighted by atomic mass is 16.5. The molecule has 0 aliphatic rings. The van der Waals surface area contributed by atoms with Crippen LogP contribution < -0.4 is 15.0 Å². The monoisotopic (exact) mass is 271 g/mol. The van der Waals surface area contributed by atoms with Crippen molar-refractivity contribution in [2.45, 2.75) is 13.1 Å². The third kappa shape index (κ3) is 3.71. The third-order valence-corrected chi connectivity index (χ3v) is 3.13. The molecule has 4 nitrogen and oxygen atoms in total. The Morgan fingerprint density at radius 2 is 1.75 bits per heavy atom. The van der Waals surface area contributed by atoms with Gasteiger partial charge in [0, 0.05) is 39.6 Å². The second kappa shape index (κ2) is 6.91. The van der Waals surface area contributed by atoms with Gasteiger partial charge in [0.05, 0.1) is 12.8 Å². The molecule has 0 saturated heterocycles. The molecule has 1 N–H and O–H groups in total. The number of anilines is 1. The average molecular weight is 271 g/mol. The predicted octanol–water partition coefficient (Wildman–Crippen LogP) is 2.45. The first-order valence-electron chi connectivity index (χ1n) is 6.64. The molecule has 0 aliphatic carbocycles. The molecule has 1 aromatic heterocycles. The lowest BCUT2D eigenvalue weighted by Gasteiger charge is -2.17. The van der Waals surface area contributed by atoms with E-state index in [1.807, 2.05) is 43.5 Å². The van der Waals surface area contributed by atoms with Crippen LogP contribution in [0.25, 0.3) is 0 Å². The fourth-order valence-corrected chi connectivity index (χ4v) is 2.05. The maximum atomic E-state index is 5.43. The van der Waals surface area contributed by atoms with E-state index in [1.54, 1.807) is 7.11 Å². The maximum Gasteiger partial charge on any atom is 0.142 e. The molecule has 0 unspecified atom stereocenters. The van der Waals surface area contributed by atoms with Gasteiger partial charge in [-0.3, -0.25) is 4.98 Å². The molecule has 0 saturated carbocycles. The highest BCUT2D eigenvalue weighted by molar-refractivity contribution is 5.58. The lowest BCUT2D eigenvalue weighted by Crippen LogP contribution is -2.14. The first kappa shape index (κ1) is 14.3. The summed E-state index contributed by atoms with van der Waals surface area (Å²) in [6, 6.07) is 10.3. The summed E-state index contributed by atoms with van der Waals surface area (Å²) in [6.45, 7) is 1.65. The number of hydrogen-bond donors (Lipinski definition) is 1. The molecule has 106 valence electrons. The van der Waals surface area contributed by atoms with Crippen LogP contribution in [0.4, 0.5) is 5.69 Å². The molecule has 2 aromatic rings. The largest absolute Gasteiger partial charge is 0.495 e. The van der Waals surface area contributed by atoms with Crippen molar-refractivity contribution in [2.75, 3.05) is 26.1 Å². The summed E-state index contributed by atoms with van der Waals surface area (Å²) in [4.78, 5) is 6.06. The van der Waals surface area contributed by atoms with Gasteiger partial charge in [-0.05, 0) is 35.4 Å². The number of ether oxygens (including phenoxy) is 1. The van der Waals surface area contributed by atoms with Gasteiger partial charge in [-0.1, -0.05) is 6.07 Å². The summed E-state index contributed by atoms with van der Waals surface area (Å²) in [5.41, 5.74) is 3.53. The van der Waals surface area contributed by atoms with Gasteiger partial charge >= 0.3 is 0 Å². The van der Waals surface area contributed by atoms with Gasteiger partial charge in [-0.25, -0.2) is 0 Å². The lowest BCUT2D eigenvalue weighted by molar-refractivity contribution is 0.414. The standard InChI is InChI=1S/C16H21N3O/c1-19(2)15-5-4-14(10-16(15)20-3)12-18-11-13-6-8-17-9-7-13/h4-10,18H,11-12H2,1-3H3. The van der Waals surface area contributed by atoms with Crippen molar-refractivity contribution in [3.63, 3.8) is 0 Å².